The summed E-state index contributed by atoms with van der Waals surface area (Å²) in [5, 5.41) is 6.30. The largest absolute Gasteiger partial charge is 0.463 e. The van der Waals surface area contributed by atoms with Gasteiger partial charge in [0.15, 0.2) is 0 Å². The lowest BCUT2D eigenvalue weighted by atomic mass is 10.4. The predicted molar refractivity (Wildman–Crippen MR) is 65.1 cm³/mol. The van der Waals surface area contributed by atoms with Crippen LogP contribution in [0.3, 0.4) is 0 Å². The monoisotopic (exact) mass is 238 g/mol. The minimum Gasteiger partial charge on any atom is -0.463 e. The van der Waals surface area contributed by atoms with Crippen LogP contribution in [0.25, 0.3) is 0 Å². The molecule has 6 heteroatoms. The van der Waals surface area contributed by atoms with Gasteiger partial charge in [0, 0.05) is 24.8 Å². The van der Waals surface area contributed by atoms with Crippen LogP contribution in [0.5, 0.6) is 0 Å². The van der Waals surface area contributed by atoms with Crippen LogP contribution in [-0.4, -0.2) is 42.7 Å². The van der Waals surface area contributed by atoms with Crippen molar-refractivity contribution in [3.8, 4) is 0 Å². The highest BCUT2D eigenvalue weighted by Gasteiger charge is 2.10. The predicted octanol–water partition coefficient (Wildman–Crippen LogP) is 0.593. The number of esters is 1. The molecule has 0 amide bonds. The number of ether oxygens (including phenoxy) is 1. The van der Waals surface area contributed by atoms with E-state index in [0.29, 0.717) is 5.82 Å². The van der Waals surface area contributed by atoms with Gasteiger partial charge in [0.2, 0.25) is 5.82 Å². The Morgan fingerprint density at radius 1 is 1.41 bits per heavy atom. The van der Waals surface area contributed by atoms with E-state index in [0.717, 1.165) is 25.3 Å². The average molecular weight is 238 g/mol. The van der Waals surface area contributed by atoms with Gasteiger partial charge in [0.1, 0.15) is 5.82 Å². The van der Waals surface area contributed by atoms with Crippen molar-refractivity contribution in [2.75, 3.05) is 32.1 Å². The molecule has 1 aromatic heterocycles. The van der Waals surface area contributed by atoms with Gasteiger partial charge in [-0.1, -0.05) is 6.92 Å². The van der Waals surface area contributed by atoms with Crippen LogP contribution < -0.4 is 10.6 Å². The van der Waals surface area contributed by atoms with E-state index < -0.39 is 5.97 Å². The second-order valence-electron chi connectivity index (χ2n) is 3.49. The quantitative estimate of drug-likeness (QED) is 0.558. The van der Waals surface area contributed by atoms with E-state index in [1.165, 1.54) is 7.11 Å². The van der Waals surface area contributed by atoms with E-state index >= 15 is 0 Å². The maximum absolute atomic E-state index is 11.3. The number of aromatic nitrogens is 2. The number of nitrogens with zero attached hydrogens (tertiary/aromatic N) is 2. The molecule has 2 N–H and O–H groups in total. The van der Waals surface area contributed by atoms with Crippen molar-refractivity contribution in [3.05, 3.63) is 17.6 Å². The molecule has 0 atom stereocenters. The molecule has 6 nitrogen and oxygen atoms in total. The summed E-state index contributed by atoms with van der Waals surface area (Å²) in [4.78, 5) is 19.4. The summed E-state index contributed by atoms with van der Waals surface area (Å²) in [6.45, 7) is 6.36. The molecule has 17 heavy (non-hydrogen) atoms. The average Bonchev–Trinajstić information content (AvgIpc) is 2.33. The van der Waals surface area contributed by atoms with Gasteiger partial charge in [-0.3, -0.25) is 0 Å². The maximum atomic E-state index is 11.3. The molecule has 0 saturated carbocycles. The molecule has 0 aliphatic rings. The van der Waals surface area contributed by atoms with Crippen LogP contribution >= 0.6 is 0 Å². The van der Waals surface area contributed by atoms with Crippen molar-refractivity contribution in [1.82, 2.24) is 15.3 Å². The fourth-order valence-corrected chi connectivity index (χ4v) is 1.30. The maximum Gasteiger partial charge on any atom is 0.376 e. The van der Waals surface area contributed by atoms with Gasteiger partial charge < -0.3 is 15.4 Å². The van der Waals surface area contributed by atoms with Crippen LogP contribution in [0, 0.1) is 6.92 Å². The van der Waals surface area contributed by atoms with E-state index in [-0.39, 0.29) is 5.82 Å². The molecule has 1 rings (SSSR count). The molecule has 94 valence electrons. The van der Waals surface area contributed by atoms with Crippen LogP contribution in [0.2, 0.25) is 0 Å². The zero-order chi connectivity index (χ0) is 12.7. The molecular weight excluding hydrogens is 220 g/mol. The minimum absolute atomic E-state index is 0.0819. The summed E-state index contributed by atoms with van der Waals surface area (Å²) in [5.41, 5.74) is 0.728. The number of hydrogen-bond donors (Lipinski definition) is 2. The SMILES string of the molecule is CCNCCNc1cc(C)nc(C(=O)OC)n1. The Kier molecular flexibility index (Phi) is 5.35. The first-order valence-corrected chi connectivity index (χ1v) is 5.56. The summed E-state index contributed by atoms with van der Waals surface area (Å²) < 4.78 is 4.59. The number of carbonyl (C=O) groups excluding carboxylic acids is 1. The molecule has 0 aliphatic heterocycles. The van der Waals surface area contributed by atoms with Crippen molar-refractivity contribution in [2.45, 2.75) is 13.8 Å². The van der Waals surface area contributed by atoms with E-state index in [1.807, 2.05) is 13.8 Å². The lowest BCUT2D eigenvalue weighted by Crippen LogP contribution is -2.22. The number of likely N-dealkylation sites (N-methyl/N-ethyl adjacent to an activating group) is 1. The molecule has 0 unspecified atom stereocenters. The Labute approximate surface area is 101 Å². The zero-order valence-corrected chi connectivity index (χ0v) is 10.4. The molecule has 1 aromatic rings. The Morgan fingerprint density at radius 3 is 2.82 bits per heavy atom. The molecule has 0 fully saturated rings. The highest BCUT2D eigenvalue weighted by Crippen LogP contribution is 2.06. The van der Waals surface area contributed by atoms with Crippen molar-refractivity contribution >= 4 is 11.8 Å². The molecule has 0 aliphatic carbocycles. The molecule has 0 spiro atoms. The first kappa shape index (κ1) is 13.4. The van der Waals surface area contributed by atoms with Gasteiger partial charge >= 0.3 is 5.97 Å². The van der Waals surface area contributed by atoms with Crippen LogP contribution in [-0.2, 0) is 4.74 Å². The topological polar surface area (TPSA) is 76.1 Å². The highest BCUT2D eigenvalue weighted by molar-refractivity contribution is 5.85. The standard InChI is InChI=1S/C11H18N4O2/c1-4-12-5-6-13-9-7-8(2)14-10(15-9)11(16)17-3/h7,12H,4-6H2,1-3H3,(H,13,14,15). The number of carbonyl (C=O) groups is 1. The highest BCUT2D eigenvalue weighted by atomic mass is 16.5. The molecule has 0 aromatic carbocycles. The fourth-order valence-electron chi connectivity index (χ4n) is 1.30. The van der Waals surface area contributed by atoms with Gasteiger partial charge in [-0.25, -0.2) is 14.8 Å². The fraction of sp³-hybridized carbons (Fsp3) is 0.545. The van der Waals surface area contributed by atoms with E-state index in [4.69, 9.17) is 0 Å². The summed E-state index contributed by atoms with van der Waals surface area (Å²) in [5.74, 6) is 0.192. The third-order valence-electron chi connectivity index (χ3n) is 2.08. The lowest BCUT2D eigenvalue weighted by Gasteiger charge is -2.07. The van der Waals surface area contributed by atoms with Crippen molar-refractivity contribution in [1.29, 1.82) is 0 Å². The van der Waals surface area contributed by atoms with Crippen molar-refractivity contribution in [2.24, 2.45) is 0 Å². The Morgan fingerprint density at radius 2 is 2.18 bits per heavy atom. The van der Waals surface area contributed by atoms with E-state index in [9.17, 15) is 4.79 Å². The second-order valence-corrected chi connectivity index (χ2v) is 3.49. The zero-order valence-electron chi connectivity index (χ0n) is 10.4. The Bertz CT molecular complexity index is 382. The summed E-state index contributed by atoms with van der Waals surface area (Å²) in [6, 6.07) is 1.79. The van der Waals surface area contributed by atoms with Gasteiger partial charge in [-0.2, -0.15) is 0 Å². The van der Waals surface area contributed by atoms with Crippen molar-refractivity contribution in [3.63, 3.8) is 0 Å². The van der Waals surface area contributed by atoms with Gasteiger partial charge in [0.25, 0.3) is 0 Å². The van der Waals surface area contributed by atoms with E-state index in [1.54, 1.807) is 6.07 Å². The number of aryl methyl sites for hydroxylation is 1. The molecular formula is C11H18N4O2. The number of rotatable bonds is 6. The summed E-state index contributed by atoms with van der Waals surface area (Å²) in [6.07, 6.45) is 0. The normalized spacial score (nSPS) is 10.1. The van der Waals surface area contributed by atoms with E-state index in [2.05, 4.69) is 25.3 Å². The molecule has 0 radical (unpaired) electrons. The second kappa shape index (κ2) is 6.80. The number of nitrogens with one attached hydrogen (secondary N) is 2. The molecule has 0 bridgehead atoms. The first-order valence-electron chi connectivity index (χ1n) is 5.56. The summed E-state index contributed by atoms with van der Waals surface area (Å²) in [7, 11) is 1.31. The molecule has 1 heterocycles. The van der Waals surface area contributed by atoms with Gasteiger partial charge in [-0.05, 0) is 13.5 Å². The number of hydrogen-bond acceptors (Lipinski definition) is 6. The van der Waals surface area contributed by atoms with Crippen LogP contribution in [0.4, 0.5) is 5.82 Å². The van der Waals surface area contributed by atoms with Crippen molar-refractivity contribution < 1.29 is 9.53 Å². The summed E-state index contributed by atoms with van der Waals surface area (Å²) >= 11 is 0. The third kappa shape index (κ3) is 4.36. The Balaban J connectivity index is 2.65. The van der Waals surface area contributed by atoms with Crippen LogP contribution in [0.15, 0.2) is 6.07 Å². The lowest BCUT2D eigenvalue weighted by molar-refractivity contribution is 0.0586. The molecule has 0 saturated heterocycles. The third-order valence-corrected chi connectivity index (χ3v) is 2.08. The van der Waals surface area contributed by atoms with Crippen LogP contribution in [0.1, 0.15) is 23.2 Å². The minimum atomic E-state index is -0.525. The number of methoxy groups -OCH3 is 1. The Hall–Kier alpha value is -1.69. The smallest absolute Gasteiger partial charge is 0.376 e. The van der Waals surface area contributed by atoms with Gasteiger partial charge in [-0.15, -0.1) is 0 Å². The first-order chi connectivity index (χ1) is 8.17. The van der Waals surface area contributed by atoms with Gasteiger partial charge in [0.05, 0.1) is 7.11 Å². The number of anilines is 1.